The second-order valence-corrected chi connectivity index (χ2v) is 9.48. The first-order valence-corrected chi connectivity index (χ1v) is 13.0. The van der Waals surface area contributed by atoms with Gasteiger partial charge in [-0.15, -0.1) is 0 Å². The van der Waals surface area contributed by atoms with E-state index < -0.39 is 11.6 Å². The Labute approximate surface area is 236 Å². The third kappa shape index (κ3) is 5.58. The number of rotatable bonds is 9. The molecule has 210 valence electrons. The summed E-state index contributed by atoms with van der Waals surface area (Å²) in [6.07, 6.45) is 0.190. The normalized spacial score (nSPS) is 12.3. The highest BCUT2D eigenvalue weighted by atomic mass is 19.1. The van der Waals surface area contributed by atoms with Gasteiger partial charge in [-0.3, -0.25) is 9.59 Å². The standard InChI is InChI=1S/C31H28F2N4O4/c1-4-34-30(38)19-10-8-18(9-11-19)14-24-28-25(36-29(35-24)27-22(32)6-5-7-23(27)33)17-37(31(28)39)16-20-12-13-21(40-2)15-26(20)41-3/h5-13,15H,4,14,16-17H2,1-3H3,(H,34,38). The lowest BCUT2D eigenvalue weighted by Crippen LogP contribution is -2.24. The fourth-order valence-corrected chi connectivity index (χ4v) is 4.83. The zero-order chi connectivity index (χ0) is 29.1. The van der Waals surface area contributed by atoms with E-state index in [1.165, 1.54) is 13.2 Å². The van der Waals surface area contributed by atoms with Crippen LogP contribution in [-0.4, -0.2) is 47.4 Å². The Bertz CT molecular complexity index is 1610. The number of nitrogens with one attached hydrogen (secondary N) is 1. The first-order valence-electron chi connectivity index (χ1n) is 13.0. The van der Waals surface area contributed by atoms with Gasteiger partial charge < -0.3 is 19.7 Å². The largest absolute Gasteiger partial charge is 0.497 e. The predicted octanol–water partition coefficient (Wildman–Crippen LogP) is 4.94. The molecule has 1 aromatic heterocycles. The van der Waals surface area contributed by atoms with Crippen molar-refractivity contribution in [3.8, 4) is 22.9 Å². The second-order valence-electron chi connectivity index (χ2n) is 9.48. The minimum absolute atomic E-state index is 0.123. The molecule has 1 N–H and O–H groups in total. The van der Waals surface area contributed by atoms with E-state index in [4.69, 9.17) is 9.47 Å². The Morgan fingerprint density at radius 1 is 0.976 bits per heavy atom. The number of carbonyl (C=O) groups excluding carboxylic acids is 2. The Morgan fingerprint density at radius 3 is 2.37 bits per heavy atom. The van der Waals surface area contributed by atoms with Crippen molar-refractivity contribution >= 4 is 11.8 Å². The van der Waals surface area contributed by atoms with Gasteiger partial charge in [-0.25, -0.2) is 18.7 Å². The van der Waals surface area contributed by atoms with Gasteiger partial charge in [0.15, 0.2) is 5.82 Å². The van der Waals surface area contributed by atoms with Crippen LogP contribution in [0.2, 0.25) is 0 Å². The van der Waals surface area contributed by atoms with Crippen molar-refractivity contribution in [2.45, 2.75) is 26.4 Å². The second kappa shape index (κ2) is 11.7. The third-order valence-corrected chi connectivity index (χ3v) is 6.87. The first-order chi connectivity index (χ1) is 19.8. The summed E-state index contributed by atoms with van der Waals surface area (Å²) in [6.45, 7) is 2.68. The highest BCUT2D eigenvalue weighted by molar-refractivity contribution is 5.99. The summed E-state index contributed by atoms with van der Waals surface area (Å²) >= 11 is 0. The zero-order valence-corrected chi connectivity index (χ0v) is 22.8. The van der Waals surface area contributed by atoms with Gasteiger partial charge in [0.2, 0.25) is 0 Å². The van der Waals surface area contributed by atoms with Gasteiger partial charge in [0.1, 0.15) is 23.1 Å². The van der Waals surface area contributed by atoms with Crippen molar-refractivity contribution in [2.75, 3.05) is 20.8 Å². The maximum atomic E-state index is 14.8. The molecule has 8 nitrogen and oxygen atoms in total. The molecule has 0 saturated heterocycles. The van der Waals surface area contributed by atoms with E-state index in [-0.39, 0.29) is 42.7 Å². The van der Waals surface area contributed by atoms with Crippen molar-refractivity contribution < 1.29 is 27.8 Å². The highest BCUT2D eigenvalue weighted by Crippen LogP contribution is 2.33. The van der Waals surface area contributed by atoms with Crippen molar-refractivity contribution in [2.24, 2.45) is 0 Å². The van der Waals surface area contributed by atoms with Crippen LogP contribution < -0.4 is 14.8 Å². The molecular formula is C31H28F2N4O4. The fraction of sp³-hybridized carbons (Fsp3) is 0.226. The molecule has 4 aromatic rings. The van der Waals surface area contributed by atoms with E-state index in [2.05, 4.69) is 15.3 Å². The van der Waals surface area contributed by atoms with Crippen LogP contribution in [0.25, 0.3) is 11.4 Å². The van der Waals surface area contributed by atoms with E-state index in [0.717, 1.165) is 23.3 Å². The van der Waals surface area contributed by atoms with E-state index in [1.807, 2.05) is 13.0 Å². The Kier molecular flexibility index (Phi) is 7.91. The molecule has 0 bridgehead atoms. The van der Waals surface area contributed by atoms with Crippen LogP contribution in [0.4, 0.5) is 8.78 Å². The number of halogens is 2. The average Bonchev–Trinajstić information content (AvgIpc) is 3.28. The lowest BCUT2D eigenvalue weighted by atomic mass is 10.0. The first kappa shape index (κ1) is 27.7. The molecular weight excluding hydrogens is 530 g/mol. The summed E-state index contributed by atoms with van der Waals surface area (Å²) in [5.74, 6) is -1.06. The van der Waals surface area contributed by atoms with Gasteiger partial charge in [0.25, 0.3) is 11.8 Å². The van der Waals surface area contributed by atoms with E-state index in [9.17, 15) is 18.4 Å². The summed E-state index contributed by atoms with van der Waals surface area (Å²) in [6, 6.07) is 15.8. The molecule has 3 aromatic carbocycles. The Hall–Kier alpha value is -4.86. The zero-order valence-electron chi connectivity index (χ0n) is 22.8. The number of fused-ring (bicyclic) bond motifs is 1. The van der Waals surface area contributed by atoms with Crippen LogP contribution in [0.15, 0.2) is 60.7 Å². The molecule has 2 heterocycles. The van der Waals surface area contributed by atoms with Crippen molar-refractivity contribution in [3.63, 3.8) is 0 Å². The number of carbonyl (C=O) groups is 2. The summed E-state index contributed by atoms with van der Waals surface area (Å²) in [4.78, 5) is 36.4. The molecule has 0 spiro atoms. The molecule has 41 heavy (non-hydrogen) atoms. The smallest absolute Gasteiger partial charge is 0.258 e. The van der Waals surface area contributed by atoms with Gasteiger partial charge >= 0.3 is 0 Å². The Balaban J connectivity index is 1.53. The van der Waals surface area contributed by atoms with Crippen LogP contribution in [0.1, 0.15) is 50.2 Å². The molecule has 10 heteroatoms. The molecule has 0 radical (unpaired) electrons. The molecule has 0 atom stereocenters. The van der Waals surface area contributed by atoms with Crippen molar-refractivity contribution in [3.05, 3.63) is 106 Å². The monoisotopic (exact) mass is 558 g/mol. The number of ether oxygens (including phenoxy) is 2. The number of hydrogen-bond donors (Lipinski definition) is 1. The van der Waals surface area contributed by atoms with Crippen molar-refractivity contribution in [1.82, 2.24) is 20.2 Å². The van der Waals surface area contributed by atoms with Crippen molar-refractivity contribution in [1.29, 1.82) is 0 Å². The molecule has 0 fully saturated rings. The maximum absolute atomic E-state index is 14.8. The van der Waals surface area contributed by atoms with Gasteiger partial charge in [-0.1, -0.05) is 18.2 Å². The van der Waals surface area contributed by atoms with Crippen LogP contribution in [0.5, 0.6) is 11.5 Å². The number of aromatic nitrogens is 2. The lowest BCUT2D eigenvalue weighted by molar-refractivity contribution is 0.0764. The summed E-state index contributed by atoms with van der Waals surface area (Å²) in [7, 11) is 3.09. The van der Waals surface area contributed by atoms with Crippen LogP contribution in [0, 0.1) is 11.6 Å². The summed E-state index contributed by atoms with van der Waals surface area (Å²) in [5, 5.41) is 2.75. The van der Waals surface area contributed by atoms with Gasteiger partial charge in [0.05, 0.1) is 49.8 Å². The number of hydrogen-bond acceptors (Lipinski definition) is 6. The topological polar surface area (TPSA) is 93.7 Å². The number of amides is 2. The molecule has 1 aliphatic heterocycles. The molecule has 5 rings (SSSR count). The third-order valence-electron chi connectivity index (χ3n) is 6.87. The summed E-state index contributed by atoms with van der Waals surface area (Å²) in [5.41, 5.74) is 2.67. The van der Waals surface area contributed by atoms with Gasteiger partial charge in [0, 0.05) is 30.2 Å². The maximum Gasteiger partial charge on any atom is 0.258 e. The minimum atomic E-state index is -0.800. The van der Waals surface area contributed by atoms with E-state index in [0.29, 0.717) is 40.6 Å². The molecule has 2 amide bonds. The predicted molar refractivity (Wildman–Crippen MR) is 148 cm³/mol. The van der Waals surface area contributed by atoms with E-state index in [1.54, 1.807) is 48.4 Å². The van der Waals surface area contributed by atoms with Crippen LogP contribution in [0.3, 0.4) is 0 Å². The highest BCUT2D eigenvalue weighted by Gasteiger charge is 2.34. The van der Waals surface area contributed by atoms with Crippen LogP contribution in [-0.2, 0) is 19.5 Å². The Morgan fingerprint density at radius 2 is 1.71 bits per heavy atom. The van der Waals surface area contributed by atoms with E-state index >= 15 is 0 Å². The number of methoxy groups -OCH3 is 2. The quantitative estimate of drug-likeness (QED) is 0.313. The molecule has 1 aliphatic rings. The average molecular weight is 559 g/mol. The van der Waals surface area contributed by atoms with Crippen LogP contribution >= 0.6 is 0 Å². The summed E-state index contributed by atoms with van der Waals surface area (Å²) < 4.78 is 40.3. The molecule has 0 saturated carbocycles. The van der Waals surface area contributed by atoms with Gasteiger partial charge in [-0.2, -0.15) is 0 Å². The SMILES string of the molecule is CCNC(=O)c1ccc(Cc2nc(-c3c(F)cccc3F)nc3c2C(=O)N(Cc2ccc(OC)cc2OC)C3)cc1. The number of benzene rings is 3. The lowest BCUT2D eigenvalue weighted by Gasteiger charge is -2.18. The molecule has 0 aliphatic carbocycles. The van der Waals surface area contributed by atoms with Gasteiger partial charge in [-0.05, 0) is 48.9 Å². The number of nitrogens with zero attached hydrogens (tertiary/aromatic N) is 3. The fourth-order valence-electron chi connectivity index (χ4n) is 4.83. The molecule has 0 unspecified atom stereocenters. The minimum Gasteiger partial charge on any atom is -0.497 e.